The number of nitriles is 1. The molecule has 174 valence electrons. The lowest BCUT2D eigenvalue weighted by molar-refractivity contribution is -0.384. The fraction of sp³-hybridized carbons (Fsp3) is 0.174. The number of benzene rings is 2. The number of nitrogens with two attached hydrogens (primary N) is 1. The third-order valence-electron chi connectivity index (χ3n) is 5.39. The second-order valence-corrected chi connectivity index (χ2v) is 7.51. The molecule has 2 aromatic carbocycles. The minimum absolute atomic E-state index is 0.0341. The van der Waals surface area contributed by atoms with E-state index in [1.165, 1.54) is 13.0 Å². The number of nitrogens with zero attached hydrogens (tertiary/aromatic N) is 3. The van der Waals surface area contributed by atoms with Gasteiger partial charge in [-0.2, -0.15) is 5.26 Å². The van der Waals surface area contributed by atoms with Gasteiger partial charge in [-0.1, -0.05) is 41.9 Å². The number of hydrogen-bond acceptors (Lipinski definition) is 9. The van der Waals surface area contributed by atoms with Crippen LogP contribution in [0.4, 0.5) is 11.4 Å². The van der Waals surface area contributed by atoms with Crippen LogP contribution in [0.15, 0.2) is 65.1 Å². The summed E-state index contributed by atoms with van der Waals surface area (Å²) >= 11 is 6.23. The van der Waals surface area contributed by atoms with Crippen molar-refractivity contribution in [1.82, 2.24) is 0 Å². The predicted molar refractivity (Wildman–Crippen MR) is 122 cm³/mol. The van der Waals surface area contributed by atoms with Crippen LogP contribution in [0.5, 0.6) is 0 Å². The molecule has 1 unspecified atom stereocenters. The van der Waals surface area contributed by atoms with Crippen LogP contribution in [0, 0.1) is 28.4 Å². The van der Waals surface area contributed by atoms with Crippen molar-refractivity contribution in [3.05, 3.63) is 91.4 Å². The third-order valence-corrected chi connectivity index (χ3v) is 5.86. The normalized spacial score (nSPS) is 15.6. The van der Waals surface area contributed by atoms with Crippen molar-refractivity contribution in [2.24, 2.45) is 5.73 Å². The molecule has 0 spiro atoms. The van der Waals surface area contributed by atoms with E-state index in [4.69, 9.17) is 26.8 Å². The van der Waals surface area contributed by atoms with Crippen molar-refractivity contribution < 1.29 is 24.0 Å². The van der Waals surface area contributed by atoms with Crippen molar-refractivity contribution in [2.75, 3.05) is 19.1 Å². The summed E-state index contributed by atoms with van der Waals surface area (Å²) in [5.41, 5.74) is 6.39. The molecule has 1 heterocycles. The molecular weight excluding hydrogens is 464 g/mol. The van der Waals surface area contributed by atoms with E-state index in [-0.39, 0.29) is 44.6 Å². The number of anilines is 1. The Balaban J connectivity index is 2.45. The van der Waals surface area contributed by atoms with Crippen LogP contribution in [0.1, 0.15) is 17.0 Å². The number of hydrogen-bond donors (Lipinski definition) is 1. The fourth-order valence-electron chi connectivity index (χ4n) is 3.81. The van der Waals surface area contributed by atoms with Crippen LogP contribution >= 0.6 is 11.6 Å². The first-order valence-corrected chi connectivity index (χ1v) is 10.2. The van der Waals surface area contributed by atoms with E-state index < -0.39 is 22.8 Å². The smallest absolute Gasteiger partial charge is 0.355 e. The number of halogens is 1. The van der Waals surface area contributed by atoms with Gasteiger partial charge in [0.05, 0.1) is 48.0 Å². The summed E-state index contributed by atoms with van der Waals surface area (Å²) in [7, 11) is 2.26. The lowest BCUT2D eigenvalue weighted by Crippen LogP contribution is -2.41. The molecule has 1 aliphatic heterocycles. The minimum Gasteiger partial charge on any atom is -0.466 e. The number of esters is 2. The molecule has 0 saturated heterocycles. The average Bonchev–Trinajstić information content (AvgIpc) is 2.84. The monoisotopic (exact) mass is 482 g/mol. The highest BCUT2D eigenvalue weighted by molar-refractivity contribution is 6.34. The van der Waals surface area contributed by atoms with Crippen molar-refractivity contribution >= 4 is 34.9 Å². The zero-order valence-electron chi connectivity index (χ0n) is 18.4. The maximum atomic E-state index is 13.0. The first-order chi connectivity index (χ1) is 16.2. The predicted octanol–water partition coefficient (Wildman–Crippen LogP) is 3.45. The number of methoxy groups -OCH3 is 2. The number of ether oxygens (including phenoxy) is 2. The minimum atomic E-state index is -1.03. The molecule has 0 aromatic heterocycles. The number of nitro benzene ring substituents is 1. The molecule has 0 aliphatic carbocycles. The van der Waals surface area contributed by atoms with Gasteiger partial charge in [0.1, 0.15) is 16.5 Å². The maximum Gasteiger partial charge on any atom is 0.355 e. The van der Waals surface area contributed by atoms with Crippen molar-refractivity contribution in [3.63, 3.8) is 0 Å². The molecule has 3 rings (SSSR count). The number of nitro groups is 1. The summed E-state index contributed by atoms with van der Waals surface area (Å²) in [5.74, 6) is -3.02. The Morgan fingerprint density at radius 1 is 1.15 bits per heavy atom. The molecule has 0 radical (unpaired) electrons. The van der Waals surface area contributed by atoms with E-state index in [0.29, 0.717) is 5.56 Å². The highest BCUT2D eigenvalue weighted by Gasteiger charge is 2.43. The molecule has 10 nitrogen and oxygen atoms in total. The van der Waals surface area contributed by atoms with E-state index in [9.17, 15) is 25.0 Å². The van der Waals surface area contributed by atoms with E-state index in [1.54, 1.807) is 30.3 Å². The Kier molecular flexibility index (Phi) is 6.89. The summed E-state index contributed by atoms with van der Waals surface area (Å²) in [6.45, 7) is 1.49. The van der Waals surface area contributed by atoms with Gasteiger partial charge >= 0.3 is 11.9 Å². The molecule has 0 amide bonds. The van der Waals surface area contributed by atoms with Crippen LogP contribution in [-0.4, -0.2) is 31.1 Å². The number of allylic oxidation sites excluding steroid dienone is 1. The zero-order chi connectivity index (χ0) is 25.2. The molecule has 2 aromatic rings. The number of rotatable bonds is 5. The van der Waals surface area contributed by atoms with Crippen LogP contribution in [0.25, 0.3) is 0 Å². The zero-order valence-corrected chi connectivity index (χ0v) is 19.1. The largest absolute Gasteiger partial charge is 0.466 e. The van der Waals surface area contributed by atoms with Gasteiger partial charge in [-0.05, 0) is 24.1 Å². The van der Waals surface area contributed by atoms with Gasteiger partial charge in [-0.25, -0.2) is 9.59 Å². The van der Waals surface area contributed by atoms with Crippen molar-refractivity contribution in [1.29, 1.82) is 5.26 Å². The van der Waals surface area contributed by atoms with Crippen LogP contribution in [0.2, 0.25) is 5.02 Å². The van der Waals surface area contributed by atoms with Crippen LogP contribution in [0.3, 0.4) is 0 Å². The highest BCUT2D eigenvalue weighted by Crippen LogP contribution is 2.45. The quantitative estimate of drug-likeness (QED) is 0.384. The van der Waals surface area contributed by atoms with Gasteiger partial charge in [0.2, 0.25) is 0 Å². The van der Waals surface area contributed by atoms with E-state index in [0.717, 1.165) is 25.2 Å². The summed E-state index contributed by atoms with van der Waals surface area (Å²) < 4.78 is 9.92. The molecule has 34 heavy (non-hydrogen) atoms. The molecule has 2 N–H and O–H groups in total. The molecule has 0 saturated carbocycles. The first-order valence-electron chi connectivity index (χ1n) is 9.78. The molecule has 0 bridgehead atoms. The third kappa shape index (κ3) is 3.93. The second kappa shape index (κ2) is 9.64. The van der Waals surface area contributed by atoms with Gasteiger partial charge in [0, 0.05) is 6.07 Å². The van der Waals surface area contributed by atoms with E-state index in [2.05, 4.69) is 0 Å². The Bertz CT molecular complexity index is 1300. The summed E-state index contributed by atoms with van der Waals surface area (Å²) in [4.78, 5) is 37.9. The number of carbonyl (C=O) groups is 2. The second-order valence-electron chi connectivity index (χ2n) is 7.14. The molecular formula is C23H19ClN4O6. The Hall–Kier alpha value is -4.36. The van der Waals surface area contributed by atoms with Crippen LogP contribution in [-0.2, 0) is 19.1 Å². The average molecular weight is 483 g/mol. The van der Waals surface area contributed by atoms with Crippen molar-refractivity contribution in [2.45, 2.75) is 12.8 Å². The Labute approximate surface area is 199 Å². The van der Waals surface area contributed by atoms with Gasteiger partial charge in [0.15, 0.2) is 0 Å². The molecule has 1 atom stereocenters. The van der Waals surface area contributed by atoms with Gasteiger partial charge in [-0.15, -0.1) is 0 Å². The van der Waals surface area contributed by atoms with Gasteiger partial charge in [0.25, 0.3) is 5.69 Å². The molecule has 11 heteroatoms. The van der Waals surface area contributed by atoms with E-state index in [1.807, 2.05) is 6.07 Å². The fourth-order valence-corrected chi connectivity index (χ4v) is 4.04. The topological polar surface area (TPSA) is 149 Å². The maximum absolute atomic E-state index is 13.0. The first kappa shape index (κ1) is 24.3. The number of carbonyl (C=O) groups excluding carboxylic acids is 2. The summed E-state index contributed by atoms with van der Waals surface area (Å²) in [6, 6.07) is 13.0. The summed E-state index contributed by atoms with van der Waals surface area (Å²) in [5, 5.41) is 21.1. The van der Waals surface area contributed by atoms with Gasteiger partial charge in [-0.3, -0.25) is 15.0 Å². The molecule has 0 fully saturated rings. The lowest BCUT2D eigenvalue weighted by atomic mass is 9.80. The molecule has 1 aliphatic rings. The van der Waals surface area contributed by atoms with E-state index >= 15 is 0 Å². The lowest BCUT2D eigenvalue weighted by Gasteiger charge is -2.36. The highest BCUT2D eigenvalue weighted by atomic mass is 35.5. The Morgan fingerprint density at radius 3 is 2.29 bits per heavy atom. The Morgan fingerprint density at radius 2 is 1.76 bits per heavy atom. The van der Waals surface area contributed by atoms with Crippen LogP contribution < -0.4 is 10.6 Å². The van der Waals surface area contributed by atoms with Crippen molar-refractivity contribution in [3.8, 4) is 6.07 Å². The standard InChI is InChI=1S/C23H19ClN4O6/c1-12-15(9-10-16(19(12)24)28(31)32)27-20(23(30)34-3)18(22(29)33-2)17(14(11-25)21(27)26)13-7-5-4-6-8-13/h4-10,17H,26H2,1-3H3. The summed E-state index contributed by atoms with van der Waals surface area (Å²) in [6.07, 6.45) is 0. The van der Waals surface area contributed by atoms with Gasteiger partial charge < -0.3 is 15.2 Å². The SMILES string of the molecule is COC(=O)C1=C(C(=O)OC)N(c2ccc([N+](=O)[O-])c(Cl)c2C)C(N)=C(C#N)C1c1ccccc1.